The fourth-order valence-electron chi connectivity index (χ4n) is 4.02. The highest BCUT2D eigenvalue weighted by Crippen LogP contribution is 2.25. The van der Waals surface area contributed by atoms with Crippen LogP contribution in [0.2, 0.25) is 0 Å². The Kier molecular flexibility index (Phi) is 10.0. The van der Waals surface area contributed by atoms with Gasteiger partial charge in [-0.15, -0.1) is 0 Å². The van der Waals surface area contributed by atoms with Crippen molar-refractivity contribution in [3.63, 3.8) is 0 Å². The normalized spacial score (nSPS) is 10.7. The molecule has 0 atom stereocenters. The van der Waals surface area contributed by atoms with Crippen molar-refractivity contribution >= 4 is 5.97 Å². The van der Waals surface area contributed by atoms with Crippen LogP contribution in [0.4, 0.5) is 0 Å². The van der Waals surface area contributed by atoms with Gasteiger partial charge in [-0.25, -0.2) is 4.79 Å². The molecule has 0 saturated carbocycles. The summed E-state index contributed by atoms with van der Waals surface area (Å²) in [6, 6.07) is 24.7. The molecule has 3 aromatic rings. The Bertz CT molecular complexity index is 977. The summed E-state index contributed by atoms with van der Waals surface area (Å²) in [6.07, 6.45) is 9.17. The molecule has 3 heteroatoms. The van der Waals surface area contributed by atoms with Crippen molar-refractivity contribution in [1.29, 1.82) is 0 Å². The molecule has 0 amide bonds. The van der Waals surface area contributed by atoms with Crippen LogP contribution in [0, 0.1) is 0 Å². The highest BCUT2D eigenvalue weighted by Gasteiger charge is 2.08. The lowest BCUT2D eigenvalue weighted by molar-refractivity contribution is 0.0600. The molecular weight excluding hydrogens is 408 g/mol. The number of ether oxygens (including phenoxy) is 2. The summed E-state index contributed by atoms with van der Waals surface area (Å²) in [6.45, 7) is 2.83. The number of hydrogen-bond donors (Lipinski definition) is 0. The Hall–Kier alpha value is -3.07. The summed E-state index contributed by atoms with van der Waals surface area (Å²) in [5, 5.41) is 0. The number of aryl methyl sites for hydroxylation is 3. The van der Waals surface area contributed by atoms with Gasteiger partial charge in [0.1, 0.15) is 12.4 Å². The minimum absolute atomic E-state index is 0.294. The fraction of sp³-hybridized carbons (Fsp3) is 0.367. The number of carbonyl (C=O) groups excluding carboxylic acids is 1. The molecule has 3 nitrogen and oxygen atoms in total. The van der Waals surface area contributed by atoms with E-state index in [0.29, 0.717) is 12.2 Å². The van der Waals surface area contributed by atoms with Crippen LogP contribution in [0.1, 0.15) is 71.6 Å². The average Bonchev–Trinajstić information content (AvgIpc) is 2.86. The molecule has 0 saturated heterocycles. The topological polar surface area (TPSA) is 35.5 Å². The SMILES string of the molecule is CCCCCCc1ccc(OCc2ccccc2)c(CCCc2ccc(C(=O)OC)cc2)c1. The van der Waals surface area contributed by atoms with Crippen molar-refractivity contribution in [2.75, 3.05) is 7.11 Å². The van der Waals surface area contributed by atoms with Gasteiger partial charge in [0.2, 0.25) is 0 Å². The Balaban J connectivity index is 1.63. The first-order valence-corrected chi connectivity index (χ1v) is 12.2. The molecule has 0 N–H and O–H groups in total. The fourth-order valence-corrected chi connectivity index (χ4v) is 4.02. The second-order valence-corrected chi connectivity index (χ2v) is 8.57. The second-order valence-electron chi connectivity index (χ2n) is 8.57. The molecule has 0 heterocycles. The van der Waals surface area contributed by atoms with E-state index in [4.69, 9.17) is 9.47 Å². The van der Waals surface area contributed by atoms with E-state index in [-0.39, 0.29) is 5.97 Å². The molecule has 0 aromatic heterocycles. The van der Waals surface area contributed by atoms with Crippen molar-refractivity contribution in [2.24, 2.45) is 0 Å². The molecule has 0 aliphatic carbocycles. The van der Waals surface area contributed by atoms with Gasteiger partial charge in [0.15, 0.2) is 0 Å². The molecule has 3 rings (SSSR count). The van der Waals surface area contributed by atoms with Crippen LogP contribution in [-0.4, -0.2) is 13.1 Å². The smallest absolute Gasteiger partial charge is 0.337 e. The summed E-state index contributed by atoms with van der Waals surface area (Å²) in [7, 11) is 1.41. The molecule has 0 spiro atoms. The van der Waals surface area contributed by atoms with Gasteiger partial charge < -0.3 is 9.47 Å². The summed E-state index contributed by atoms with van der Waals surface area (Å²) in [4.78, 5) is 11.6. The minimum atomic E-state index is -0.294. The zero-order valence-electron chi connectivity index (χ0n) is 20.0. The third-order valence-electron chi connectivity index (χ3n) is 5.97. The molecule has 0 unspecified atom stereocenters. The van der Waals surface area contributed by atoms with Crippen LogP contribution >= 0.6 is 0 Å². The number of carbonyl (C=O) groups is 1. The Morgan fingerprint density at radius 3 is 2.18 bits per heavy atom. The Morgan fingerprint density at radius 1 is 0.727 bits per heavy atom. The molecule has 0 bridgehead atoms. The van der Waals surface area contributed by atoms with E-state index in [1.165, 1.54) is 55.0 Å². The van der Waals surface area contributed by atoms with E-state index in [1.54, 1.807) is 0 Å². The zero-order chi connectivity index (χ0) is 23.3. The van der Waals surface area contributed by atoms with E-state index < -0.39 is 0 Å². The van der Waals surface area contributed by atoms with Gasteiger partial charge >= 0.3 is 5.97 Å². The second kappa shape index (κ2) is 13.5. The van der Waals surface area contributed by atoms with Crippen LogP contribution in [0.3, 0.4) is 0 Å². The van der Waals surface area contributed by atoms with Crippen LogP contribution in [0.25, 0.3) is 0 Å². The van der Waals surface area contributed by atoms with Gasteiger partial charge in [0, 0.05) is 0 Å². The monoisotopic (exact) mass is 444 g/mol. The minimum Gasteiger partial charge on any atom is -0.489 e. The van der Waals surface area contributed by atoms with Crippen molar-refractivity contribution < 1.29 is 14.3 Å². The quantitative estimate of drug-likeness (QED) is 0.204. The van der Waals surface area contributed by atoms with Crippen LogP contribution in [0.15, 0.2) is 72.8 Å². The maximum absolute atomic E-state index is 11.6. The van der Waals surface area contributed by atoms with E-state index in [1.807, 2.05) is 42.5 Å². The van der Waals surface area contributed by atoms with Crippen molar-refractivity contribution in [1.82, 2.24) is 0 Å². The maximum Gasteiger partial charge on any atom is 0.337 e. The van der Waals surface area contributed by atoms with Crippen LogP contribution in [-0.2, 0) is 30.6 Å². The van der Waals surface area contributed by atoms with Gasteiger partial charge in [-0.3, -0.25) is 0 Å². The molecule has 3 aromatic carbocycles. The van der Waals surface area contributed by atoms with Gasteiger partial charge in [0.05, 0.1) is 12.7 Å². The maximum atomic E-state index is 11.6. The van der Waals surface area contributed by atoms with Crippen molar-refractivity contribution in [3.8, 4) is 5.75 Å². The first kappa shape index (κ1) is 24.6. The molecule has 174 valence electrons. The first-order chi connectivity index (χ1) is 16.2. The van der Waals surface area contributed by atoms with Gasteiger partial charge in [-0.2, -0.15) is 0 Å². The lowest BCUT2D eigenvalue weighted by Crippen LogP contribution is -2.02. The van der Waals surface area contributed by atoms with Crippen molar-refractivity contribution in [2.45, 2.75) is 64.9 Å². The molecule has 0 radical (unpaired) electrons. The number of esters is 1. The molecule has 0 aliphatic rings. The predicted molar refractivity (Wildman–Crippen MR) is 135 cm³/mol. The molecule has 0 fully saturated rings. The van der Waals surface area contributed by atoms with E-state index in [2.05, 4.69) is 37.3 Å². The van der Waals surface area contributed by atoms with Gasteiger partial charge in [-0.05, 0) is 72.6 Å². The van der Waals surface area contributed by atoms with E-state index in [0.717, 1.165) is 31.4 Å². The third kappa shape index (κ3) is 8.09. The lowest BCUT2D eigenvalue weighted by atomic mass is 9.98. The standard InChI is InChI=1S/C30H36O3/c1-3-4-5-7-11-25-18-21-29(33-23-26-12-8-6-9-13-26)28(22-25)15-10-14-24-16-19-27(20-17-24)30(31)32-2/h6,8-9,12-13,16-22H,3-5,7,10-11,14-15,23H2,1-2H3. The van der Waals surface area contributed by atoms with E-state index in [9.17, 15) is 4.79 Å². The molecule has 0 aliphatic heterocycles. The Labute approximate surface area is 198 Å². The summed E-state index contributed by atoms with van der Waals surface area (Å²) < 4.78 is 11.0. The third-order valence-corrected chi connectivity index (χ3v) is 5.97. The largest absolute Gasteiger partial charge is 0.489 e. The zero-order valence-corrected chi connectivity index (χ0v) is 20.0. The Morgan fingerprint density at radius 2 is 1.45 bits per heavy atom. The molecule has 33 heavy (non-hydrogen) atoms. The van der Waals surface area contributed by atoms with Crippen molar-refractivity contribution in [3.05, 3.63) is 101 Å². The highest BCUT2D eigenvalue weighted by molar-refractivity contribution is 5.89. The summed E-state index contributed by atoms with van der Waals surface area (Å²) in [5.41, 5.74) is 5.68. The lowest BCUT2D eigenvalue weighted by Gasteiger charge is -2.14. The highest BCUT2D eigenvalue weighted by atomic mass is 16.5. The van der Waals surface area contributed by atoms with E-state index >= 15 is 0 Å². The summed E-state index contributed by atoms with van der Waals surface area (Å²) in [5.74, 6) is 0.690. The number of unbranched alkanes of at least 4 members (excludes halogenated alkanes) is 3. The van der Waals surface area contributed by atoms with Gasteiger partial charge in [0.25, 0.3) is 0 Å². The first-order valence-electron chi connectivity index (χ1n) is 12.2. The van der Waals surface area contributed by atoms with Gasteiger partial charge in [-0.1, -0.05) is 80.8 Å². The summed E-state index contributed by atoms with van der Waals surface area (Å²) >= 11 is 0. The van der Waals surface area contributed by atoms with Crippen LogP contribution < -0.4 is 4.74 Å². The number of rotatable bonds is 13. The predicted octanol–water partition coefficient (Wildman–Crippen LogP) is 7.35. The van der Waals surface area contributed by atoms with Crippen LogP contribution in [0.5, 0.6) is 5.75 Å². The number of hydrogen-bond acceptors (Lipinski definition) is 3. The average molecular weight is 445 g/mol. The number of benzene rings is 3. The molecular formula is C30H36O3. The number of methoxy groups -OCH3 is 1.